The van der Waals surface area contributed by atoms with E-state index in [9.17, 15) is 24.3 Å². The first-order valence-electron chi connectivity index (χ1n) is 12.5. The van der Waals surface area contributed by atoms with Crippen LogP contribution in [0.25, 0.3) is 0 Å². The van der Waals surface area contributed by atoms with E-state index in [0.29, 0.717) is 29.1 Å². The Morgan fingerprint density at radius 3 is 2.36 bits per heavy atom. The van der Waals surface area contributed by atoms with E-state index >= 15 is 0 Å². The van der Waals surface area contributed by atoms with Crippen molar-refractivity contribution in [1.82, 2.24) is 10.3 Å². The number of carbonyl (C=O) groups is 4. The standard InChI is InChI=1S/C28H29ClN6O7/c29-23-14-22(41-26(39)19-7-10-21(11-8-19)33-28(30)34-31)12-9-18(23)4-2-6-24(36)35(16-25(37)38)15-17-3-1-5-20(13-17)27(40)42-32/h1,3,5,7-14H,2,4,6,15-16,31-32H2,(H,37,38)(H3,30,33,34). The summed E-state index contributed by atoms with van der Waals surface area (Å²) >= 11 is 6.39. The van der Waals surface area contributed by atoms with Crippen molar-refractivity contribution in [3.63, 3.8) is 0 Å². The number of esters is 1. The molecule has 8 N–H and O–H groups in total. The number of nitrogens with one attached hydrogen (secondary N) is 1. The van der Waals surface area contributed by atoms with Crippen LogP contribution in [0.5, 0.6) is 5.75 Å². The average Bonchev–Trinajstić information content (AvgIpc) is 2.97. The number of nitrogens with two attached hydrogens (primary N) is 3. The Morgan fingerprint density at radius 1 is 0.976 bits per heavy atom. The number of carboxylic acids is 1. The Kier molecular flexibility index (Phi) is 11.4. The highest BCUT2D eigenvalue weighted by molar-refractivity contribution is 6.31. The van der Waals surface area contributed by atoms with Crippen LogP contribution in [0, 0.1) is 0 Å². The molecule has 1 amide bonds. The summed E-state index contributed by atoms with van der Waals surface area (Å²) < 4.78 is 5.41. The van der Waals surface area contributed by atoms with Crippen molar-refractivity contribution in [3.05, 3.63) is 94.0 Å². The van der Waals surface area contributed by atoms with Gasteiger partial charge in [0.05, 0.1) is 16.8 Å². The number of aliphatic imine (C=N–C) groups is 1. The molecule has 13 nitrogen and oxygen atoms in total. The first-order valence-corrected chi connectivity index (χ1v) is 12.9. The number of halogens is 1. The van der Waals surface area contributed by atoms with Gasteiger partial charge in [0.2, 0.25) is 11.9 Å². The molecule has 3 rings (SSSR count). The molecule has 0 aromatic heterocycles. The summed E-state index contributed by atoms with van der Waals surface area (Å²) in [6.07, 6.45) is 0.852. The molecule has 0 saturated heterocycles. The van der Waals surface area contributed by atoms with Crippen molar-refractivity contribution < 1.29 is 33.9 Å². The fourth-order valence-corrected chi connectivity index (χ4v) is 4.14. The van der Waals surface area contributed by atoms with Crippen LogP contribution >= 0.6 is 11.6 Å². The van der Waals surface area contributed by atoms with Crippen molar-refractivity contribution in [2.45, 2.75) is 25.8 Å². The molecule has 14 heteroatoms. The van der Waals surface area contributed by atoms with E-state index in [4.69, 9.17) is 33.8 Å². The SMILES string of the molecule is NNC(N)=Nc1ccc(C(=O)Oc2ccc(CCCC(=O)N(CC(=O)O)Cc3cccc(C(=O)ON)c3)c(Cl)c2)cc1. The second-order valence-corrected chi connectivity index (χ2v) is 9.34. The number of hydrogen-bond acceptors (Lipinski definition) is 9. The van der Waals surface area contributed by atoms with E-state index in [1.807, 2.05) is 0 Å². The van der Waals surface area contributed by atoms with Crippen molar-refractivity contribution in [3.8, 4) is 5.75 Å². The second kappa shape index (κ2) is 15.1. The van der Waals surface area contributed by atoms with Crippen LogP contribution in [-0.4, -0.2) is 46.3 Å². The Balaban J connectivity index is 1.57. The van der Waals surface area contributed by atoms with Gasteiger partial charge in [0.1, 0.15) is 12.3 Å². The lowest BCUT2D eigenvalue weighted by Gasteiger charge is -2.21. The van der Waals surface area contributed by atoms with Crippen molar-refractivity contribution in [2.24, 2.45) is 22.5 Å². The predicted octanol–water partition coefficient (Wildman–Crippen LogP) is 2.44. The van der Waals surface area contributed by atoms with Crippen LogP contribution in [0.1, 0.15) is 44.7 Å². The molecule has 0 heterocycles. The lowest BCUT2D eigenvalue weighted by Crippen LogP contribution is -2.36. The monoisotopic (exact) mass is 596 g/mol. The number of aryl methyl sites for hydroxylation is 1. The van der Waals surface area contributed by atoms with Gasteiger partial charge >= 0.3 is 17.9 Å². The molecule has 0 spiro atoms. The topological polar surface area (TPSA) is 213 Å². The van der Waals surface area contributed by atoms with Gasteiger partial charge < -0.3 is 25.3 Å². The number of amides is 1. The summed E-state index contributed by atoms with van der Waals surface area (Å²) in [4.78, 5) is 57.8. The van der Waals surface area contributed by atoms with Gasteiger partial charge in [0, 0.05) is 18.0 Å². The van der Waals surface area contributed by atoms with E-state index < -0.39 is 24.5 Å². The quantitative estimate of drug-likeness (QED) is 0.0511. The van der Waals surface area contributed by atoms with Crippen molar-refractivity contribution >= 4 is 47.1 Å². The molecule has 0 radical (unpaired) electrons. The van der Waals surface area contributed by atoms with E-state index in [-0.39, 0.29) is 41.7 Å². The average molecular weight is 597 g/mol. The maximum atomic E-state index is 12.9. The van der Waals surface area contributed by atoms with Crippen molar-refractivity contribution in [1.29, 1.82) is 0 Å². The molecule has 3 aromatic carbocycles. The molecule has 0 atom stereocenters. The van der Waals surface area contributed by atoms with E-state index in [1.54, 1.807) is 36.4 Å². The number of ether oxygens (including phenoxy) is 1. The maximum absolute atomic E-state index is 12.9. The van der Waals surface area contributed by atoms with Gasteiger partial charge in [-0.1, -0.05) is 29.8 Å². The predicted molar refractivity (Wildman–Crippen MR) is 153 cm³/mol. The van der Waals surface area contributed by atoms with E-state index in [0.717, 1.165) is 5.56 Å². The number of guanidine groups is 1. The molecule has 0 aliphatic carbocycles. The summed E-state index contributed by atoms with van der Waals surface area (Å²) in [7, 11) is 0. The summed E-state index contributed by atoms with van der Waals surface area (Å²) in [6.45, 7) is -0.535. The first kappa shape index (κ1) is 31.5. The lowest BCUT2D eigenvalue weighted by atomic mass is 10.1. The Bertz CT molecular complexity index is 1480. The molecular formula is C28H29ClN6O7. The van der Waals surface area contributed by atoms with Gasteiger partial charge in [0.25, 0.3) is 0 Å². The van der Waals surface area contributed by atoms with Crippen molar-refractivity contribution in [2.75, 3.05) is 6.54 Å². The largest absolute Gasteiger partial charge is 0.480 e. The lowest BCUT2D eigenvalue weighted by molar-refractivity contribution is -0.144. The molecule has 0 fully saturated rings. The molecule has 0 aliphatic heterocycles. The smallest absolute Gasteiger partial charge is 0.356 e. The van der Waals surface area contributed by atoms with E-state index in [1.165, 1.54) is 35.2 Å². The number of carbonyl (C=O) groups excluding carboxylic acids is 3. The molecule has 0 saturated carbocycles. The summed E-state index contributed by atoms with van der Waals surface area (Å²) in [5, 5.41) is 9.63. The number of hydrogen-bond donors (Lipinski definition) is 5. The van der Waals surface area contributed by atoms with Gasteiger partial charge in [-0.05, 0) is 72.5 Å². The molecule has 0 aliphatic rings. The molecule has 0 unspecified atom stereocenters. The van der Waals surface area contributed by atoms with E-state index in [2.05, 4.69) is 15.3 Å². The Hall–Kier alpha value is -4.98. The third-order valence-corrected chi connectivity index (χ3v) is 6.25. The molecule has 42 heavy (non-hydrogen) atoms. The number of hydrazine groups is 1. The minimum atomic E-state index is -1.17. The normalized spacial score (nSPS) is 11.0. The highest BCUT2D eigenvalue weighted by atomic mass is 35.5. The van der Waals surface area contributed by atoms with Crippen LogP contribution in [0.2, 0.25) is 5.02 Å². The molecule has 0 bridgehead atoms. The zero-order valence-corrected chi connectivity index (χ0v) is 23.0. The minimum absolute atomic E-state index is 0.0148. The number of rotatable bonds is 12. The molecule has 220 valence electrons. The fourth-order valence-electron chi connectivity index (χ4n) is 3.87. The third-order valence-electron chi connectivity index (χ3n) is 5.89. The van der Waals surface area contributed by atoms with Gasteiger partial charge in [-0.2, -0.15) is 5.90 Å². The first-order chi connectivity index (χ1) is 20.1. The number of benzene rings is 3. The van der Waals surface area contributed by atoms with Gasteiger partial charge in [-0.3, -0.25) is 15.0 Å². The minimum Gasteiger partial charge on any atom is -0.480 e. The number of aliphatic carboxylic acids is 1. The maximum Gasteiger partial charge on any atom is 0.356 e. The summed E-state index contributed by atoms with van der Waals surface area (Å²) in [5.41, 5.74) is 9.92. The van der Waals surface area contributed by atoms with Crippen LogP contribution in [-0.2, 0) is 27.4 Å². The zero-order chi connectivity index (χ0) is 30.6. The van der Waals surface area contributed by atoms with Crippen LogP contribution < -0.4 is 27.6 Å². The Morgan fingerprint density at radius 2 is 1.71 bits per heavy atom. The fraction of sp³-hybridized carbons (Fsp3) is 0.179. The molecule has 3 aromatic rings. The van der Waals surface area contributed by atoms with Gasteiger partial charge in [-0.15, -0.1) is 0 Å². The highest BCUT2D eigenvalue weighted by Gasteiger charge is 2.18. The van der Waals surface area contributed by atoms with Crippen LogP contribution in [0.4, 0.5) is 5.69 Å². The van der Waals surface area contributed by atoms with Gasteiger partial charge in [-0.25, -0.2) is 20.4 Å². The van der Waals surface area contributed by atoms with Crippen LogP contribution in [0.3, 0.4) is 0 Å². The van der Waals surface area contributed by atoms with Gasteiger partial charge in [0.15, 0.2) is 0 Å². The highest BCUT2D eigenvalue weighted by Crippen LogP contribution is 2.25. The zero-order valence-electron chi connectivity index (χ0n) is 22.3. The van der Waals surface area contributed by atoms with Crippen LogP contribution in [0.15, 0.2) is 71.7 Å². The number of nitrogens with zero attached hydrogens (tertiary/aromatic N) is 2. The molecular weight excluding hydrogens is 568 g/mol. The second-order valence-electron chi connectivity index (χ2n) is 8.93. The number of carboxylic acid groups (broad SMARTS) is 1. The summed E-state index contributed by atoms with van der Waals surface area (Å²) in [5.74, 6) is 7.43. The summed E-state index contributed by atoms with van der Waals surface area (Å²) in [6, 6.07) is 17.2. The Labute approximate surface area is 245 Å². The third kappa shape index (κ3) is 9.30.